The monoisotopic (exact) mass is 548 g/mol. The molecular formula is C29H25ClN2O5S. The summed E-state index contributed by atoms with van der Waals surface area (Å²) >= 11 is 6.15. The van der Waals surface area contributed by atoms with Crippen LogP contribution >= 0.6 is 11.6 Å². The van der Waals surface area contributed by atoms with Gasteiger partial charge in [0, 0.05) is 16.1 Å². The lowest BCUT2D eigenvalue weighted by Crippen LogP contribution is -2.38. The van der Waals surface area contributed by atoms with Crippen molar-refractivity contribution in [3.8, 4) is 5.75 Å². The van der Waals surface area contributed by atoms with Gasteiger partial charge in [0.25, 0.3) is 10.0 Å². The molecule has 194 valence electrons. The first-order valence-corrected chi connectivity index (χ1v) is 13.4. The van der Waals surface area contributed by atoms with Crippen LogP contribution < -0.4 is 14.4 Å². The average Bonchev–Trinajstić information content (AvgIpc) is 2.93. The van der Waals surface area contributed by atoms with Crippen LogP contribution in [0.2, 0.25) is 5.02 Å². The van der Waals surface area contributed by atoms with Crippen molar-refractivity contribution >= 4 is 44.7 Å². The molecule has 0 aliphatic heterocycles. The number of para-hydroxylation sites is 1. The Morgan fingerprint density at radius 2 is 1.55 bits per heavy atom. The van der Waals surface area contributed by atoms with Crippen molar-refractivity contribution in [2.45, 2.75) is 11.8 Å². The van der Waals surface area contributed by atoms with Gasteiger partial charge in [-0.3, -0.25) is 13.9 Å². The van der Waals surface area contributed by atoms with E-state index in [2.05, 4.69) is 5.32 Å². The van der Waals surface area contributed by atoms with Crippen LogP contribution in [0.25, 0.3) is 0 Å². The first-order chi connectivity index (χ1) is 18.2. The standard InChI is InChI=1S/C29H25ClN2O5S/c1-20-13-16-26(37-2)27(17-20)38(35,36)32(23-11-7-4-8-12-23)19-28(33)31-25-15-14-22(30)18-24(25)29(34)21-9-5-3-6-10-21/h3-18H,19H2,1-2H3,(H,31,33). The summed E-state index contributed by atoms with van der Waals surface area (Å²) in [5.41, 5.74) is 1.83. The molecule has 1 N–H and O–H groups in total. The number of anilines is 2. The van der Waals surface area contributed by atoms with Gasteiger partial charge in [-0.1, -0.05) is 66.2 Å². The number of ether oxygens (including phenoxy) is 1. The van der Waals surface area contributed by atoms with Gasteiger partial charge in [-0.25, -0.2) is 8.42 Å². The second-order valence-corrected chi connectivity index (χ2v) is 10.7. The number of methoxy groups -OCH3 is 1. The Morgan fingerprint density at radius 1 is 0.895 bits per heavy atom. The smallest absolute Gasteiger partial charge is 0.268 e. The molecule has 4 rings (SSSR count). The van der Waals surface area contributed by atoms with Gasteiger partial charge >= 0.3 is 0 Å². The number of amides is 1. The van der Waals surface area contributed by atoms with Gasteiger partial charge in [0.1, 0.15) is 17.2 Å². The lowest BCUT2D eigenvalue weighted by Gasteiger charge is -2.25. The summed E-state index contributed by atoms with van der Waals surface area (Å²) in [4.78, 5) is 26.4. The van der Waals surface area contributed by atoms with Crippen LogP contribution in [0, 0.1) is 6.92 Å². The quantitative estimate of drug-likeness (QED) is 0.270. The van der Waals surface area contributed by atoms with E-state index in [0.29, 0.717) is 21.8 Å². The van der Waals surface area contributed by atoms with E-state index in [1.807, 2.05) is 0 Å². The number of ketones is 1. The number of carbonyl (C=O) groups excluding carboxylic acids is 2. The lowest BCUT2D eigenvalue weighted by atomic mass is 10.0. The van der Waals surface area contributed by atoms with Gasteiger partial charge in [0.2, 0.25) is 5.91 Å². The molecule has 0 aromatic heterocycles. The summed E-state index contributed by atoms with van der Waals surface area (Å²) in [7, 11) is -2.84. The van der Waals surface area contributed by atoms with Crippen LogP contribution in [0.4, 0.5) is 11.4 Å². The summed E-state index contributed by atoms with van der Waals surface area (Å²) < 4.78 is 34.0. The van der Waals surface area contributed by atoms with Crippen LogP contribution in [0.1, 0.15) is 21.5 Å². The Kier molecular flexibility index (Phi) is 8.14. The van der Waals surface area contributed by atoms with Gasteiger partial charge in [-0.2, -0.15) is 0 Å². The molecule has 0 bridgehead atoms. The normalized spacial score (nSPS) is 11.0. The third-order valence-electron chi connectivity index (χ3n) is 5.75. The van der Waals surface area contributed by atoms with Gasteiger partial charge < -0.3 is 10.1 Å². The summed E-state index contributed by atoms with van der Waals surface area (Å²) in [6.45, 7) is 1.22. The molecule has 38 heavy (non-hydrogen) atoms. The molecule has 0 heterocycles. The van der Waals surface area contributed by atoms with Crippen LogP contribution in [0.5, 0.6) is 5.75 Å². The Balaban J connectivity index is 1.69. The molecule has 4 aromatic rings. The number of sulfonamides is 1. The number of halogens is 1. The molecule has 0 atom stereocenters. The third-order valence-corrected chi connectivity index (χ3v) is 7.79. The van der Waals surface area contributed by atoms with Crippen LogP contribution in [0.3, 0.4) is 0 Å². The van der Waals surface area contributed by atoms with E-state index < -0.39 is 22.5 Å². The van der Waals surface area contributed by atoms with Crippen molar-refractivity contribution in [1.82, 2.24) is 0 Å². The number of hydrogen-bond acceptors (Lipinski definition) is 5. The molecule has 0 fully saturated rings. The number of nitrogens with zero attached hydrogens (tertiary/aromatic N) is 1. The fourth-order valence-corrected chi connectivity index (χ4v) is 5.73. The highest BCUT2D eigenvalue weighted by Crippen LogP contribution is 2.31. The zero-order chi connectivity index (χ0) is 27.3. The van der Waals surface area contributed by atoms with Crippen molar-refractivity contribution in [3.63, 3.8) is 0 Å². The molecule has 0 spiro atoms. The van der Waals surface area contributed by atoms with Gasteiger partial charge in [0.15, 0.2) is 5.78 Å². The minimum Gasteiger partial charge on any atom is -0.495 e. The largest absolute Gasteiger partial charge is 0.495 e. The van der Waals surface area contributed by atoms with Crippen LogP contribution in [-0.2, 0) is 14.8 Å². The number of aryl methyl sites for hydroxylation is 1. The minimum absolute atomic E-state index is 0.0666. The fourth-order valence-electron chi connectivity index (χ4n) is 3.89. The van der Waals surface area contributed by atoms with Crippen LogP contribution in [-0.4, -0.2) is 33.8 Å². The molecule has 7 nitrogen and oxygen atoms in total. The first kappa shape index (κ1) is 26.9. The Labute approximate surface area is 226 Å². The minimum atomic E-state index is -4.22. The molecule has 1 amide bonds. The van der Waals surface area contributed by atoms with Crippen molar-refractivity contribution in [1.29, 1.82) is 0 Å². The van der Waals surface area contributed by atoms with E-state index in [0.717, 1.165) is 4.31 Å². The molecule has 0 radical (unpaired) electrons. The van der Waals surface area contributed by atoms with E-state index in [1.165, 1.54) is 25.3 Å². The molecular weight excluding hydrogens is 524 g/mol. The highest BCUT2D eigenvalue weighted by atomic mass is 35.5. The van der Waals surface area contributed by atoms with E-state index in [-0.39, 0.29) is 27.7 Å². The van der Waals surface area contributed by atoms with E-state index >= 15 is 0 Å². The molecule has 0 saturated carbocycles. The first-order valence-electron chi connectivity index (χ1n) is 11.6. The summed E-state index contributed by atoms with van der Waals surface area (Å²) in [6.07, 6.45) is 0. The summed E-state index contributed by atoms with van der Waals surface area (Å²) in [5.74, 6) is -0.820. The highest BCUT2D eigenvalue weighted by Gasteiger charge is 2.30. The number of benzene rings is 4. The van der Waals surface area contributed by atoms with Gasteiger partial charge in [0.05, 0.1) is 18.5 Å². The Morgan fingerprint density at radius 3 is 2.21 bits per heavy atom. The maximum Gasteiger partial charge on any atom is 0.268 e. The van der Waals surface area contributed by atoms with Crippen molar-refractivity contribution in [2.24, 2.45) is 0 Å². The second-order valence-electron chi connectivity index (χ2n) is 8.43. The molecule has 9 heteroatoms. The number of carbonyl (C=O) groups is 2. The summed E-state index contributed by atoms with van der Waals surface area (Å²) in [5, 5.41) is 3.02. The third kappa shape index (κ3) is 5.88. The number of hydrogen-bond donors (Lipinski definition) is 1. The predicted octanol–water partition coefficient (Wildman–Crippen LogP) is 5.72. The fraction of sp³-hybridized carbons (Fsp3) is 0.103. The second kappa shape index (κ2) is 11.5. The predicted molar refractivity (Wildman–Crippen MR) is 149 cm³/mol. The zero-order valence-corrected chi connectivity index (χ0v) is 22.3. The Bertz CT molecular complexity index is 1580. The number of nitrogens with one attached hydrogen (secondary N) is 1. The highest BCUT2D eigenvalue weighted by molar-refractivity contribution is 7.93. The van der Waals surface area contributed by atoms with E-state index in [9.17, 15) is 18.0 Å². The van der Waals surface area contributed by atoms with Crippen LogP contribution in [0.15, 0.2) is 102 Å². The topological polar surface area (TPSA) is 92.8 Å². The lowest BCUT2D eigenvalue weighted by molar-refractivity contribution is -0.114. The summed E-state index contributed by atoms with van der Waals surface area (Å²) in [6, 6.07) is 26.2. The van der Waals surface area contributed by atoms with Gasteiger partial charge in [-0.05, 0) is 55.0 Å². The maximum atomic E-state index is 13.9. The molecule has 0 aliphatic rings. The molecule has 0 saturated heterocycles. The maximum absolute atomic E-state index is 13.9. The molecule has 0 unspecified atom stereocenters. The van der Waals surface area contributed by atoms with Crippen molar-refractivity contribution < 1.29 is 22.7 Å². The SMILES string of the molecule is COc1ccc(C)cc1S(=O)(=O)N(CC(=O)Nc1ccc(Cl)cc1C(=O)c1ccccc1)c1ccccc1. The average molecular weight is 549 g/mol. The number of rotatable bonds is 9. The van der Waals surface area contributed by atoms with E-state index in [1.54, 1.807) is 85.8 Å². The van der Waals surface area contributed by atoms with Crippen molar-refractivity contribution in [2.75, 3.05) is 23.3 Å². The van der Waals surface area contributed by atoms with Gasteiger partial charge in [-0.15, -0.1) is 0 Å². The van der Waals surface area contributed by atoms with E-state index in [4.69, 9.17) is 16.3 Å². The molecule has 4 aromatic carbocycles. The molecule has 0 aliphatic carbocycles. The zero-order valence-electron chi connectivity index (χ0n) is 20.7. The Hall–Kier alpha value is -4.14. The van der Waals surface area contributed by atoms with Crippen molar-refractivity contribution in [3.05, 3.63) is 119 Å².